The molecule has 1 aromatic carbocycles. The molecule has 2 N–H and O–H groups in total. The Balaban J connectivity index is 3.26. The summed E-state index contributed by atoms with van der Waals surface area (Å²) in [6, 6.07) is 3.44. The van der Waals surface area contributed by atoms with Crippen LogP contribution in [0.1, 0.15) is 0 Å². The first-order chi connectivity index (χ1) is 7.39. The minimum atomic E-state index is -3.85. The van der Waals surface area contributed by atoms with Crippen LogP contribution in [0, 0.1) is 5.82 Å². The summed E-state index contributed by atoms with van der Waals surface area (Å²) >= 11 is 0. The Kier molecular flexibility index (Phi) is 3.66. The van der Waals surface area contributed by atoms with Crippen molar-refractivity contribution >= 4 is 15.7 Å². The molecule has 0 unspecified atom stereocenters. The molecule has 0 radical (unpaired) electrons. The molecule has 0 fully saturated rings. The second kappa shape index (κ2) is 4.63. The van der Waals surface area contributed by atoms with Crippen molar-refractivity contribution in [3.63, 3.8) is 0 Å². The number of hydrogen-bond acceptors (Lipinski definition) is 3. The Hall–Kier alpha value is -1.40. The molecule has 0 aliphatic carbocycles. The molecular formula is C10H13FN2O2S. The smallest absolute Gasteiger partial charge is 0.246 e. The van der Waals surface area contributed by atoms with Crippen molar-refractivity contribution < 1.29 is 12.8 Å². The van der Waals surface area contributed by atoms with Crippen LogP contribution in [0.5, 0.6) is 0 Å². The van der Waals surface area contributed by atoms with Gasteiger partial charge in [-0.1, -0.05) is 6.08 Å². The van der Waals surface area contributed by atoms with Crippen LogP contribution in [0.4, 0.5) is 10.1 Å². The van der Waals surface area contributed by atoms with Crippen LogP contribution in [-0.4, -0.2) is 26.3 Å². The monoisotopic (exact) mass is 244 g/mol. The Morgan fingerprint density at radius 1 is 1.56 bits per heavy atom. The summed E-state index contributed by atoms with van der Waals surface area (Å²) < 4.78 is 38.1. The average Bonchev–Trinajstić information content (AvgIpc) is 2.22. The highest BCUT2D eigenvalue weighted by atomic mass is 32.2. The number of hydrogen-bond donors (Lipinski definition) is 1. The first-order valence-corrected chi connectivity index (χ1v) is 5.96. The predicted molar refractivity (Wildman–Crippen MR) is 60.8 cm³/mol. The number of likely N-dealkylation sites (N-methyl/N-ethyl adjacent to an activating group) is 1. The molecule has 0 amide bonds. The maximum atomic E-state index is 13.4. The zero-order valence-electron chi connectivity index (χ0n) is 8.85. The Morgan fingerprint density at radius 3 is 2.75 bits per heavy atom. The number of nitrogens with zero attached hydrogens (tertiary/aromatic N) is 1. The lowest BCUT2D eigenvalue weighted by Gasteiger charge is -2.15. The zero-order chi connectivity index (χ0) is 12.3. The Labute approximate surface area is 94.2 Å². The third kappa shape index (κ3) is 2.40. The summed E-state index contributed by atoms with van der Waals surface area (Å²) in [6.45, 7) is 3.53. The fourth-order valence-electron chi connectivity index (χ4n) is 1.17. The van der Waals surface area contributed by atoms with E-state index in [9.17, 15) is 12.8 Å². The molecule has 0 atom stereocenters. The van der Waals surface area contributed by atoms with Gasteiger partial charge in [-0.15, -0.1) is 6.58 Å². The second-order valence-electron chi connectivity index (χ2n) is 3.26. The quantitative estimate of drug-likeness (QED) is 0.639. The van der Waals surface area contributed by atoms with Crippen molar-refractivity contribution in [3.05, 3.63) is 36.7 Å². The van der Waals surface area contributed by atoms with E-state index in [1.54, 1.807) is 0 Å². The molecule has 1 rings (SSSR count). The third-order valence-corrected chi connectivity index (χ3v) is 3.87. The van der Waals surface area contributed by atoms with Crippen LogP contribution in [0.3, 0.4) is 0 Å². The van der Waals surface area contributed by atoms with E-state index in [0.29, 0.717) is 0 Å². The summed E-state index contributed by atoms with van der Waals surface area (Å²) in [6.07, 6.45) is 1.42. The Bertz CT molecular complexity index is 500. The molecule has 0 aliphatic rings. The van der Waals surface area contributed by atoms with Crippen LogP contribution in [0.25, 0.3) is 0 Å². The lowest BCUT2D eigenvalue weighted by Crippen LogP contribution is -2.27. The number of halogens is 1. The predicted octanol–water partition coefficient (Wildman–Crippen LogP) is 1.21. The highest BCUT2D eigenvalue weighted by Crippen LogP contribution is 2.20. The molecule has 0 saturated carbocycles. The fourth-order valence-corrected chi connectivity index (χ4v) is 2.40. The van der Waals surface area contributed by atoms with Gasteiger partial charge in [0.05, 0.1) is 0 Å². The van der Waals surface area contributed by atoms with Crippen molar-refractivity contribution in [1.82, 2.24) is 4.31 Å². The van der Waals surface area contributed by atoms with Crippen molar-refractivity contribution in [1.29, 1.82) is 0 Å². The third-order valence-electron chi connectivity index (χ3n) is 2.03. The number of benzene rings is 1. The van der Waals surface area contributed by atoms with Crippen LogP contribution in [-0.2, 0) is 10.0 Å². The lowest BCUT2D eigenvalue weighted by molar-refractivity contribution is 0.489. The van der Waals surface area contributed by atoms with Crippen molar-refractivity contribution in [2.75, 3.05) is 19.3 Å². The fraction of sp³-hybridized carbons (Fsp3) is 0.200. The summed E-state index contributed by atoms with van der Waals surface area (Å²) in [5.41, 5.74) is 5.63. The first kappa shape index (κ1) is 12.7. The summed E-state index contributed by atoms with van der Waals surface area (Å²) in [4.78, 5) is -0.420. The summed E-state index contributed by atoms with van der Waals surface area (Å²) in [7, 11) is -2.50. The standard InChI is InChI=1S/C10H13FN2O2S/c1-3-6-13(2)16(14,15)10-7-8(12)4-5-9(10)11/h3-5,7H,1,6,12H2,2H3. The van der Waals surface area contributed by atoms with Gasteiger partial charge >= 0.3 is 0 Å². The molecule has 0 spiro atoms. The molecule has 88 valence electrons. The average molecular weight is 244 g/mol. The largest absolute Gasteiger partial charge is 0.399 e. The molecule has 16 heavy (non-hydrogen) atoms. The number of sulfonamides is 1. The highest BCUT2D eigenvalue weighted by molar-refractivity contribution is 7.89. The van der Waals surface area contributed by atoms with Crippen LogP contribution < -0.4 is 5.73 Å². The molecule has 4 nitrogen and oxygen atoms in total. The second-order valence-corrected chi connectivity index (χ2v) is 5.28. The molecule has 0 aromatic heterocycles. The molecular weight excluding hydrogens is 231 g/mol. The Morgan fingerprint density at radius 2 is 2.19 bits per heavy atom. The molecule has 1 aromatic rings. The van der Waals surface area contributed by atoms with Gasteiger partial charge < -0.3 is 5.73 Å². The molecule has 0 aliphatic heterocycles. The van der Waals surface area contributed by atoms with Gasteiger partial charge in [-0.05, 0) is 18.2 Å². The van der Waals surface area contributed by atoms with Gasteiger partial charge in [0.1, 0.15) is 10.7 Å². The van der Waals surface area contributed by atoms with E-state index in [1.165, 1.54) is 19.2 Å². The number of nitrogens with two attached hydrogens (primary N) is 1. The van der Waals surface area contributed by atoms with Crippen molar-refractivity contribution in [3.8, 4) is 0 Å². The molecule has 0 heterocycles. The van der Waals surface area contributed by atoms with Gasteiger partial charge in [-0.3, -0.25) is 0 Å². The minimum absolute atomic E-state index is 0.108. The van der Waals surface area contributed by atoms with Crippen LogP contribution in [0.2, 0.25) is 0 Å². The molecule has 0 saturated heterocycles. The first-order valence-electron chi connectivity index (χ1n) is 4.52. The number of anilines is 1. The molecule has 0 bridgehead atoms. The topological polar surface area (TPSA) is 63.4 Å². The SMILES string of the molecule is C=CCN(C)S(=O)(=O)c1cc(N)ccc1F. The van der Waals surface area contributed by atoms with E-state index >= 15 is 0 Å². The van der Waals surface area contributed by atoms with E-state index in [0.717, 1.165) is 16.4 Å². The van der Waals surface area contributed by atoms with E-state index in [1.807, 2.05) is 0 Å². The van der Waals surface area contributed by atoms with E-state index in [-0.39, 0.29) is 12.2 Å². The van der Waals surface area contributed by atoms with E-state index in [2.05, 4.69) is 6.58 Å². The summed E-state index contributed by atoms with van der Waals surface area (Å²) in [5.74, 6) is -0.815. The summed E-state index contributed by atoms with van der Waals surface area (Å²) in [5, 5.41) is 0. The van der Waals surface area contributed by atoms with Gasteiger partial charge in [0.25, 0.3) is 0 Å². The highest BCUT2D eigenvalue weighted by Gasteiger charge is 2.23. The van der Waals surface area contributed by atoms with E-state index < -0.39 is 20.7 Å². The van der Waals surface area contributed by atoms with Crippen molar-refractivity contribution in [2.45, 2.75) is 4.90 Å². The van der Waals surface area contributed by atoms with Crippen molar-refractivity contribution in [2.24, 2.45) is 0 Å². The lowest BCUT2D eigenvalue weighted by atomic mass is 10.3. The van der Waals surface area contributed by atoms with Gasteiger partial charge in [0.15, 0.2) is 0 Å². The normalized spacial score (nSPS) is 11.7. The molecule has 6 heteroatoms. The van der Waals surface area contributed by atoms with Crippen LogP contribution >= 0.6 is 0 Å². The van der Waals surface area contributed by atoms with Gasteiger partial charge in [0, 0.05) is 19.3 Å². The number of rotatable bonds is 4. The number of nitrogen functional groups attached to an aromatic ring is 1. The van der Waals surface area contributed by atoms with Gasteiger partial charge in [0.2, 0.25) is 10.0 Å². The van der Waals surface area contributed by atoms with Gasteiger partial charge in [-0.25, -0.2) is 12.8 Å². The van der Waals surface area contributed by atoms with Crippen LogP contribution in [0.15, 0.2) is 35.7 Å². The minimum Gasteiger partial charge on any atom is -0.399 e. The maximum absolute atomic E-state index is 13.4. The van der Waals surface area contributed by atoms with E-state index in [4.69, 9.17) is 5.73 Å². The maximum Gasteiger partial charge on any atom is 0.246 e. The van der Waals surface area contributed by atoms with Gasteiger partial charge in [-0.2, -0.15) is 4.31 Å². The zero-order valence-corrected chi connectivity index (χ0v) is 9.67.